The van der Waals surface area contributed by atoms with Crippen LogP contribution in [0.2, 0.25) is 0 Å². The number of hydrogen-bond donors (Lipinski definition) is 2. The molecule has 2 N–H and O–H groups in total. The molecule has 0 aliphatic rings. The highest BCUT2D eigenvalue weighted by Gasteiger charge is 2.26. The zero-order valence-corrected chi connectivity index (χ0v) is 43.4. The molecule has 0 saturated carbocycles. The van der Waals surface area contributed by atoms with Crippen LogP contribution in [0.4, 0.5) is 0 Å². The third-order valence-corrected chi connectivity index (χ3v) is 11.6. The van der Waals surface area contributed by atoms with E-state index in [1.54, 1.807) is 0 Å². The first-order valence-corrected chi connectivity index (χ1v) is 23.0. The molecule has 0 radical (unpaired) electrons. The minimum absolute atomic E-state index is 0.0824. The van der Waals surface area contributed by atoms with Gasteiger partial charge in [-0.1, -0.05) is 181 Å². The summed E-state index contributed by atoms with van der Waals surface area (Å²) < 4.78 is 0. The van der Waals surface area contributed by atoms with E-state index in [9.17, 15) is 10.2 Å². The van der Waals surface area contributed by atoms with Crippen LogP contribution in [0, 0.1) is 43.9 Å². The highest BCUT2D eigenvalue weighted by molar-refractivity contribution is 5.54. The van der Waals surface area contributed by atoms with Crippen LogP contribution in [0.15, 0.2) is 59.4 Å². The van der Waals surface area contributed by atoms with Crippen molar-refractivity contribution in [2.75, 3.05) is 0 Å². The first-order valence-electron chi connectivity index (χ1n) is 23.0. The van der Waals surface area contributed by atoms with Crippen molar-refractivity contribution in [3.8, 4) is 5.75 Å². The van der Waals surface area contributed by atoms with E-state index in [-0.39, 0.29) is 27.6 Å². The molecule has 0 amide bonds. The van der Waals surface area contributed by atoms with Crippen molar-refractivity contribution in [1.29, 1.82) is 0 Å². The summed E-state index contributed by atoms with van der Waals surface area (Å²) in [5.41, 5.74) is 16.8. The summed E-state index contributed by atoms with van der Waals surface area (Å²) in [6.07, 6.45) is 5.80. The Labute approximate surface area is 367 Å². The Balaban J connectivity index is 0.00000165. The predicted octanol–water partition coefficient (Wildman–Crippen LogP) is 17.9. The van der Waals surface area contributed by atoms with Gasteiger partial charge in [0, 0.05) is 0 Å². The summed E-state index contributed by atoms with van der Waals surface area (Å²) in [5.74, 6) is 1.81. The van der Waals surface area contributed by atoms with Gasteiger partial charge in [-0.05, 0) is 166 Å². The number of allylic oxidation sites excluding steroid dienone is 3. The van der Waals surface area contributed by atoms with Crippen LogP contribution in [0.5, 0.6) is 5.75 Å². The molecule has 0 unspecified atom stereocenters. The maximum atomic E-state index is 11.3. The van der Waals surface area contributed by atoms with Gasteiger partial charge in [0.2, 0.25) is 0 Å². The van der Waals surface area contributed by atoms with Crippen LogP contribution >= 0.6 is 0 Å². The standard InChI is InChI=1S/C40H62O2.C13H20.2C2H6/c1-24(2)33-21-30(20-31(37(33)42)23-38(8,9)10)22-34-27(5)25(3)26(4)32(28(34)6)18-17-19-35(40(14,15)16)36(41)29(7)39(11,12)13;1-10(2)11-7-6-8-12(9-11)13(3,4)5;2*1-2/h19-21,24,41-42H,17-18,22-23H2,1-16H3;6-10H,1-5H3;2*1-2H3/b35-19+,36-29-;;;. The maximum Gasteiger partial charge on any atom is 0.122 e. The van der Waals surface area contributed by atoms with Crippen molar-refractivity contribution in [2.24, 2.45) is 16.2 Å². The largest absolute Gasteiger partial charge is 0.508 e. The third-order valence-electron chi connectivity index (χ3n) is 11.6. The third kappa shape index (κ3) is 16.6. The molecule has 0 aliphatic heterocycles. The van der Waals surface area contributed by atoms with Crippen molar-refractivity contribution in [2.45, 2.75) is 216 Å². The first-order chi connectivity index (χ1) is 26.9. The second-order valence-electron chi connectivity index (χ2n) is 21.4. The second-order valence-corrected chi connectivity index (χ2v) is 21.4. The molecule has 0 bridgehead atoms. The van der Waals surface area contributed by atoms with Gasteiger partial charge in [0.25, 0.3) is 0 Å². The number of aliphatic hydroxyl groups is 1. The summed E-state index contributed by atoms with van der Waals surface area (Å²) in [6, 6.07) is 13.4. The van der Waals surface area contributed by atoms with Crippen molar-refractivity contribution in [3.63, 3.8) is 0 Å². The van der Waals surface area contributed by atoms with Crippen molar-refractivity contribution in [1.82, 2.24) is 0 Å². The number of benzene rings is 3. The molecule has 59 heavy (non-hydrogen) atoms. The molecule has 2 heteroatoms. The van der Waals surface area contributed by atoms with E-state index in [1.807, 2.05) is 27.7 Å². The highest BCUT2D eigenvalue weighted by Crippen LogP contribution is 2.39. The minimum atomic E-state index is -0.146. The zero-order chi connectivity index (χ0) is 46.6. The average Bonchev–Trinajstić information content (AvgIpc) is 3.12. The summed E-state index contributed by atoms with van der Waals surface area (Å²) in [6.45, 7) is 54.5. The van der Waals surface area contributed by atoms with Gasteiger partial charge in [0.15, 0.2) is 0 Å². The Morgan fingerprint density at radius 3 is 1.63 bits per heavy atom. The van der Waals surface area contributed by atoms with Crippen LogP contribution < -0.4 is 0 Å². The molecule has 3 aromatic carbocycles. The molecular formula is C57H94O2. The molecule has 0 aromatic heterocycles. The average molecular weight is 811 g/mol. The van der Waals surface area contributed by atoms with Crippen LogP contribution in [0.25, 0.3) is 0 Å². The number of phenols is 1. The van der Waals surface area contributed by atoms with Crippen LogP contribution in [-0.4, -0.2) is 10.2 Å². The van der Waals surface area contributed by atoms with E-state index in [0.717, 1.165) is 48.0 Å². The second kappa shape index (κ2) is 23.1. The lowest BCUT2D eigenvalue weighted by Crippen LogP contribution is -2.17. The van der Waals surface area contributed by atoms with Crippen LogP contribution in [0.1, 0.15) is 225 Å². The Bertz CT molecular complexity index is 1830. The lowest BCUT2D eigenvalue weighted by molar-refractivity contribution is 0.350. The fraction of sp³-hybridized carbons (Fsp3) is 0.614. The van der Waals surface area contributed by atoms with E-state index < -0.39 is 0 Å². The number of phenolic OH excluding ortho intramolecular Hbond substituents is 1. The lowest BCUT2D eigenvalue weighted by Gasteiger charge is -2.28. The molecule has 0 atom stereocenters. The SMILES string of the molecule is C/C(=C(O)\C(=C/CCc1c(C)c(C)c(C)c(Cc2cc(CC(C)(C)C)c(O)c(C(C)C)c2)c1C)C(C)(C)C)C(C)(C)C.CC.CC.CC(C)c1cccc(C(C)(C)C)c1. The predicted molar refractivity (Wildman–Crippen MR) is 266 cm³/mol. The van der Waals surface area contributed by atoms with Crippen molar-refractivity contribution in [3.05, 3.63) is 121 Å². The Kier molecular flexibility index (Phi) is 21.8. The fourth-order valence-electron chi connectivity index (χ4n) is 7.40. The number of aromatic hydroxyl groups is 1. The molecule has 0 fully saturated rings. The molecule has 0 heterocycles. The smallest absolute Gasteiger partial charge is 0.122 e. The summed E-state index contributed by atoms with van der Waals surface area (Å²) >= 11 is 0. The van der Waals surface area contributed by atoms with Gasteiger partial charge in [0.05, 0.1) is 0 Å². The fourth-order valence-corrected chi connectivity index (χ4v) is 7.40. The van der Waals surface area contributed by atoms with Crippen molar-refractivity contribution < 1.29 is 10.2 Å². The molecular weight excluding hydrogens is 717 g/mol. The number of rotatable bonds is 9. The van der Waals surface area contributed by atoms with Gasteiger partial charge in [-0.15, -0.1) is 0 Å². The Hall–Kier alpha value is -3.26. The van der Waals surface area contributed by atoms with Crippen molar-refractivity contribution >= 4 is 0 Å². The number of aliphatic hydroxyl groups excluding tert-OH is 1. The van der Waals surface area contributed by atoms with E-state index in [1.165, 1.54) is 50.1 Å². The molecule has 2 nitrogen and oxygen atoms in total. The normalized spacial score (nSPS) is 12.9. The monoisotopic (exact) mass is 811 g/mol. The quantitative estimate of drug-likeness (QED) is 0.167. The zero-order valence-electron chi connectivity index (χ0n) is 43.4. The molecule has 334 valence electrons. The maximum absolute atomic E-state index is 11.3. The Morgan fingerprint density at radius 1 is 0.661 bits per heavy atom. The lowest BCUT2D eigenvalue weighted by atomic mass is 9.78. The van der Waals surface area contributed by atoms with Gasteiger partial charge in [-0.25, -0.2) is 0 Å². The molecule has 0 spiro atoms. The summed E-state index contributed by atoms with van der Waals surface area (Å²) in [7, 11) is 0. The van der Waals surface area contributed by atoms with E-state index in [4.69, 9.17) is 0 Å². The molecule has 3 rings (SSSR count). The first kappa shape index (κ1) is 55.7. The topological polar surface area (TPSA) is 40.5 Å². The molecule has 0 aliphatic carbocycles. The number of hydrogen-bond acceptors (Lipinski definition) is 2. The van der Waals surface area contributed by atoms with Gasteiger partial charge in [-0.3, -0.25) is 0 Å². The Morgan fingerprint density at radius 2 is 1.19 bits per heavy atom. The van der Waals surface area contributed by atoms with E-state index >= 15 is 0 Å². The van der Waals surface area contributed by atoms with E-state index in [2.05, 4.69) is 188 Å². The summed E-state index contributed by atoms with van der Waals surface area (Å²) in [4.78, 5) is 0. The van der Waals surface area contributed by atoms with Crippen LogP contribution in [-0.2, 0) is 24.7 Å². The van der Waals surface area contributed by atoms with Gasteiger partial charge in [0.1, 0.15) is 11.5 Å². The molecule has 3 aromatic rings. The highest BCUT2D eigenvalue weighted by atomic mass is 16.3. The van der Waals surface area contributed by atoms with E-state index in [0.29, 0.717) is 17.4 Å². The summed E-state index contributed by atoms with van der Waals surface area (Å²) in [5, 5.41) is 22.4. The van der Waals surface area contributed by atoms with Gasteiger partial charge >= 0.3 is 0 Å². The van der Waals surface area contributed by atoms with Crippen LogP contribution in [0.3, 0.4) is 0 Å². The minimum Gasteiger partial charge on any atom is -0.508 e. The van der Waals surface area contributed by atoms with Gasteiger partial charge < -0.3 is 10.2 Å². The molecule has 0 saturated heterocycles. The van der Waals surface area contributed by atoms with Gasteiger partial charge in [-0.2, -0.15) is 0 Å².